The molecule has 0 radical (unpaired) electrons. The first-order valence-electron chi connectivity index (χ1n) is 6.78. The number of hydrogen-bond donors (Lipinski definition) is 0. The summed E-state index contributed by atoms with van der Waals surface area (Å²) in [5.41, 5.74) is 2.94. The fourth-order valence-electron chi connectivity index (χ4n) is 2.86. The highest BCUT2D eigenvalue weighted by Crippen LogP contribution is 2.22. The first kappa shape index (κ1) is 12.9. The predicted molar refractivity (Wildman–Crippen MR) is 77.5 cm³/mol. The van der Waals surface area contributed by atoms with Crippen LogP contribution >= 0.6 is 11.6 Å². The van der Waals surface area contributed by atoms with Crippen LogP contribution in [0.1, 0.15) is 24.4 Å². The number of hydrogen-bond acceptors (Lipinski definition) is 3. The fourth-order valence-corrected chi connectivity index (χ4v) is 3.06. The Labute approximate surface area is 118 Å². The van der Waals surface area contributed by atoms with Gasteiger partial charge in [0.2, 0.25) is 0 Å². The van der Waals surface area contributed by atoms with Gasteiger partial charge in [-0.3, -0.25) is 0 Å². The van der Waals surface area contributed by atoms with Gasteiger partial charge in [-0.05, 0) is 45.5 Å². The molecule has 1 unspecified atom stereocenters. The Balaban J connectivity index is 2.02. The van der Waals surface area contributed by atoms with Crippen molar-refractivity contribution in [1.29, 1.82) is 0 Å². The Kier molecular flexibility index (Phi) is 3.46. The van der Waals surface area contributed by atoms with Crippen LogP contribution in [0.2, 0.25) is 0 Å². The predicted octanol–water partition coefficient (Wildman–Crippen LogP) is 2.57. The third kappa shape index (κ3) is 2.35. The van der Waals surface area contributed by atoms with Gasteiger partial charge in [0.25, 0.3) is 0 Å². The van der Waals surface area contributed by atoms with E-state index in [1.54, 1.807) is 0 Å². The number of fused-ring (bicyclic) bond motifs is 1. The number of halogens is 1. The molecule has 102 valence electrons. The van der Waals surface area contributed by atoms with Crippen LogP contribution in [0.3, 0.4) is 0 Å². The summed E-state index contributed by atoms with van der Waals surface area (Å²) in [4.78, 5) is 11.6. The zero-order valence-electron chi connectivity index (χ0n) is 11.4. The minimum Gasteiger partial charge on any atom is -0.310 e. The number of aryl methyl sites for hydroxylation is 1. The van der Waals surface area contributed by atoms with Crippen LogP contribution in [0.5, 0.6) is 0 Å². The second-order valence-corrected chi connectivity index (χ2v) is 5.61. The number of rotatable bonds is 3. The lowest BCUT2D eigenvalue weighted by Gasteiger charge is -2.20. The maximum absolute atomic E-state index is 6.04. The molecule has 1 aliphatic heterocycles. The molecular weight excluding hydrogens is 260 g/mol. The second-order valence-electron chi connectivity index (χ2n) is 5.34. The van der Waals surface area contributed by atoms with Gasteiger partial charge in [-0.1, -0.05) is 0 Å². The lowest BCUT2D eigenvalue weighted by Crippen LogP contribution is -2.29. The summed E-state index contributed by atoms with van der Waals surface area (Å²) in [6.07, 6.45) is 2.51. The van der Waals surface area contributed by atoms with Gasteiger partial charge >= 0.3 is 0 Å². The van der Waals surface area contributed by atoms with Crippen LogP contribution < -0.4 is 0 Å². The van der Waals surface area contributed by atoms with Crippen molar-refractivity contribution in [2.24, 2.45) is 0 Å². The number of nitrogens with zero attached hydrogens (tertiary/aromatic N) is 4. The molecule has 1 atom stereocenters. The number of likely N-dealkylation sites (tertiary alicyclic amines) is 1. The van der Waals surface area contributed by atoms with Crippen molar-refractivity contribution >= 4 is 22.8 Å². The molecule has 0 aromatic carbocycles. The summed E-state index contributed by atoms with van der Waals surface area (Å²) in [5.74, 6) is 1.36. The largest absolute Gasteiger partial charge is 0.310 e. The molecule has 0 spiro atoms. The van der Waals surface area contributed by atoms with Crippen LogP contribution in [0.15, 0.2) is 12.1 Å². The van der Waals surface area contributed by atoms with Gasteiger partial charge < -0.3 is 9.47 Å². The smallest absolute Gasteiger partial charge is 0.160 e. The molecule has 1 saturated heterocycles. The van der Waals surface area contributed by atoms with E-state index in [-0.39, 0.29) is 0 Å². The first-order chi connectivity index (χ1) is 9.19. The van der Waals surface area contributed by atoms with E-state index in [4.69, 9.17) is 11.6 Å². The molecule has 0 amide bonds. The van der Waals surface area contributed by atoms with Crippen molar-refractivity contribution in [2.75, 3.05) is 13.6 Å². The molecule has 3 heterocycles. The van der Waals surface area contributed by atoms with Crippen molar-refractivity contribution in [1.82, 2.24) is 19.4 Å². The molecule has 1 aliphatic rings. The van der Waals surface area contributed by atoms with E-state index in [1.165, 1.54) is 19.4 Å². The number of aromatic nitrogens is 3. The molecule has 2 aromatic rings. The Morgan fingerprint density at radius 3 is 2.89 bits per heavy atom. The molecule has 0 aliphatic carbocycles. The standard InChI is InChI=1S/C14H19ClN4/c1-10-5-6-12-14(16-10)19(13(8-15)17-12)9-11-4-3-7-18(11)2/h5-6,11H,3-4,7-9H2,1-2H3. The molecule has 1 fully saturated rings. The Morgan fingerprint density at radius 1 is 1.37 bits per heavy atom. The van der Waals surface area contributed by atoms with Gasteiger partial charge in [-0.15, -0.1) is 11.6 Å². The third-order valence-corrected chi connectivity index (χ3v) is 4.23. The van der Waals surface area contributed by atoms with Gasteiger partial charge in [0.15, 0.2) is 5.65 Å². The number of imidazole rings is 1. The van der Waals surface area contributed by atoms with E-state index in [1.807, 2.05) is 19.1 Å². The summed E-state index contributed by atoms with van der Waals surface area (Å²) < 4.78 is 2.20. The lowest BCUT2D eigenvalue weighted by atomic mass is 10.2. The van der Waals surface area contributed by atoms with Crippen LogP contribution in [0.25, 0.3) is 11.2 Å². The van der Waals surface area contributed by atoms with Crippen molar-refractivity contribution in [2.45, 2.75) is 38.2 Å². The monoisotopic (exact) mass is 278 g/mol. The molecule has 3 rings (SSSR count). The molecule has 4 nitrogen and oxygen atoms in total. The Bertz CT molecular complexity index is 592. The molecule has 0 saturated carbocycles. The number of likely N-dealkylation sites (N-methyl/N-ethyl adjacent to an activating group) is 1. The van der Waals surface area contributed by atoms with Crippen LogP contribution in [-0.4, -0.2) is 39.1 Å². The van der Waals surface area contributed by atoms with Gasteiger partial charge in [0.1, 0.15) is 11.3 Å². The maximum atomic E-state index is 6.04. The highest BCUT2D eigenvalue weighted by molar-refractivity contribution is 6.16. The van der Waals surface area contributed by atoms with E-state index in [2.05, 4.69) is 26.5 Å². The SMILES string of the molecule is Cc1ccc2nc(CCl)n(CC3CCCN3C)c2n1. The average Bonchev–Trinajstić information content (AvgIpc) is 2.95. The topological polar surface area (TPSA) is 34.0 Å². The summed E-state index contributed by atoms with van der Waals surface area (Å²) in [6, 6.07) is 4.60. The van der Waals surface area contributed by atoms with Crippen molar-refractivity contribution in [3.63, 3.8) is 0 Å². The first-order valence-corrected chi connectivity index (χ1v) is 7.31. The quantitative estimate of drug-likeness (QED) is 0.809. The maximum Gasteiger partial charge on any atom is 0.160 e. The summed E-state index contributed by atoms with van der Waals surface area (Å²) in [6.45, 7) is 4.13. The van der Waals surface area contributed by atoms with Crippen LogP contribution in [0, 0.1) is 6.92 Å². The second kappa shape index (κ2) is 5.10. The van der Waals surface area contributed by atoms with E-state index in [9.17, 15) is 0 Å². The third-order valence-electron chi connectivity index (χ3n) is 3.99. The van der Waals surface area contributed by atoms with E-state index in [0.29, 0.717) is 11.9 Å². The van der Waals surface area contributed by atoms with E-state index in [0.717, 1.165) is 29.2 Å². The minimum atomic E-state index is 0.436. The van der Waals surface area contributed by atoms with Gasteiger partial charge in [-0.25, -0.2) is 9.97 Å². The van der Waals surface area contributed by atoms with Gasteiger partial charge in [0.05, 0.1) is 5.88 Å². The van der Waals surface area contributed by atoms with E-state index < -0.39 is 0 Å². The Hall–Kier alpha value is -1.13. The van der Waals surface area contributed by atoms with Crippen molar-refractivity contribution < 1.29 is 0 Å². The Morgan fingerprint density at radius 2 is 2.21 bits per heavy atom. The number of pyridine rings is 1. The summed E-state index contributed by atoms with van der Waals surface area (Å²) in [7, 11) is 2.19. The van der Waals surface area contributed by atoms with Gasteiger partial charge in [-0.2, -0.15) is 0 Å². The van der Waals surface area contributed by atoms with Crippen molar-refractivity contribution in [3.05, 3.63) is 23.7 Å². The zero-order valence-corrected chi connectivity index (χ0v) is 12.2. The normalized spacial score (nSPS) is 20.5. The minimum absolute atomic E-state index is 0.436. The molecule has 5 heteroatoms. The van der Waals surface area contributed by atoms with E-state index >= 15 is 0 Å². The molecule has 2 aromatic heterocycles. The fraction of sp³-hybridized carbons (Fsp3) is 0.571. The average molecular weight is 279 g/mol. The highest BCUT2D eigenvalue weighted by Gasteiger charge is 2.23. The zero-order chi connectivity index (χ0) is 13.4. The molecule has 19 heavy (non-hydrogen) atoms. The number of alkyl halides is 1. The summed E-state index contributed by atoms with van der Waals surface area (Å²) in [5, 5.41) is 0. The molecule has 0 bridgehead atoms. The molecular formula is C14H19ClN4. The molecule has 0 N–H and O–H groups in total. The van der Waals surface area contributed by atoms with Crippen LogP contribution in [0.4, 0.5) is 0 Å². The summed E-state index contributed by atoms with van der Waals surface area (Å²) >= 11 is 6.04. The van der Waals surface area contributed by atoms with Crippen LogP contribution in [-0.2, 0) is 12.4 Å². The van der Waals surface area contributed by atoms with Gasteiger partial charge in [0, 0.05) is 18.3 Å². The van der Waals surface area contributed by atoms with Crippen molar-refractivity contribution in [3.8, 4) is 0 Å². The lowest BCUT2D eigenvalue weighted by molar-refractivity contribution is 0.282. The highest BCUT2D eigenvalue weighted by atomic mass is 35.5.